The molecular weight excluding hydrogens is 205 g/mol. The standard InChI is InChI=1S/C9H16FN3.ClH/c1-8(2)5-11-9-6-12-13(7-9)4-3-10;/h6-8,11H,3-5H2,1-2H3;1H. The molecule has 0 aromatic carbocycles. The fraction of sp³-hybridized carbons (Fsp3) is 0.667. The van der Waals surface area contributed by atoms with Gasteiger partial charge in [0.2, 0.25) is 0 Å². The van der Waals surface area contributed by atoms with E-state index in [9.17, 15) is 4.39 Å². The second-order valence-electron chi connectivity index (χ2n) is 3.46. The van der Waals surface area contributed by atoms with Crippen LogP contribution >= 0.6 is 12.4 Å². The Labute approximate surface area is 90.1 Å². The fourth-order valence-corrected chi connectivity index (χ4v) is 0.986. The highest BCUT2D eigenvalue weighted by molar-refractivity contribution is 5.85. The van der Waals surface area contributed by atoms with Crippen molar-refractivity contribution in [1.29, 1.82) is 0 Å². The molecule has 0 atom stereocenters. The summed E-state index contributed by atoms with van der Waals surface area (Å²) >= 11 is 0. The van der Waals surface area contributed by atoms with Gasteiger partial charge in [-0.15, -0.1) is 12.4 Å². The molecule has 14 heavy (non-hydrogen) atoms. The van der Waals surface area contributed by atoms with Crippen molar-refractivity contribution in [3.05, 3.63) is 12.4 Å². The Morgan fingerprint density at radius 2 is 2.29 bits per heavy atom. The SMILES string of the molecule is CC(C)CNc1cnn(CCF)c1.Cl. The summed E-state index contributed by atoms with van der Waals surface area (Å²) in [6, 6.07) is 0. The lowest BCUT2D eigenvalue weighted by atomic mass is 10.2. The van der Waals surface area contributed by atoms with Gasteiger partial charge in [0, 0.05) is 12.7 Å². The van der Waals surface area contributed by atoms with Gasteiger partial charge in [0.25, 0.3) is 0 Å². The average Bonchev–Trinajstić information content (AvgIpc) is 2.50. The molecule has 0 aliphatic rings. The first-order valence-corrected chi connectivity index (χ1v) is 4.54. The van der Waals surface area contributed by atoms with Crippen molar-refractivity contribution < 1.29 is 4.39 Å². The van der Waals surface area contributed by atoms with Crippen molar-refractivity contribution >= 4 is 18.1 Å². The largest absolute Gasteiger partial charge is 0.382 e. The minimum atomic E-state index is -0.370. The van der Waals surface area contributed by atoms with Crippen LogP contribution in [0, 0.1) is 5.92 Å². The molecule has 0 aliphatic carbocycles. The van der Waals surface area contributed by atoms with Gasteiger partial charge in [0.05, 0.1) is 18.4 Å². The van der Waals surface area contributed by atoms with E-state index in [1.54, 1.807) is 10.9 Å². The third-order valence-corrected chi connectivity index (χ3v) is 1.66. The van der Waals surface area contributed by atoms with Crippen LogP contribution in [0.25, 0.3) is 0 Å². The molecule has 0 aliphatic heterocycles. The van der Waals surface area contributed by atoms with E-state index >= 15 is 0 Å². The van der Waals surface area contributed by atoms with Crippen LogP contribution in [0.1, 0.15) is 13.8 Å². The number of nitrogens with one attached hydrogen (secondary N) is 1. The second kappa shape index (κ2) is 6.65. The molecule has 1 rings (SSSR count). The molecule has 0 bridgehead atoms. The van der Waals surface area contributed by atoms with Gasteiger partial charge >= 0.3 is 0 Å². The molecule has 1 aromatic heterocycles. The van der Waals surface area contributed by atoms with Gasteiger partial charge in [0.15, 0.2) is 0 Å². The molecule has 1 aromatic rings. The monoisotopic (exact) mass is 221 g/mol. The van der Waals surface area contributed by atoms with Crippen LogP contribution in [0.5, 0.6) is 0 Å². The maximum absolute atomic E-state index is 11.9. The van der Waals surface area contributed by atoms with Gasteiger partial charge in [-0.1, -0.05) is 13.8 Å². The van der Waals surface area contributed by atoms with Crippen molar-refractivity contribution in [1.82, 2.24) is 9.78 Å². The normalized spacial score (nSPS) is 10.0. The van der Waals surface area contributed by atoms with Gasteiger partial charge in [0.1, 0.15) is 6.67 Å². The Morgan fingerprint density at radius 1 is 1.57 bits per heavy atom. The summed E-state index contributed by atoms with van der Waals surface area (Å²) in [5.41, 5.74) is 0.960. The molecule has 0 amide bonds. The Hall–Kier alpha value is -0.770. The van der Waals surface area contributed by atoms with Gasteiger partial charge in [-0.2, -0.15) is 5.10 Å². The van der Waals surface area contributed by atoms with E-state index < -0.39 is 0 Å². The predicted octanol–water partition coefficient (Wildman–Crippen LogP) is 2.34. The minimum Gasteiger partial charge on any atom is -0.382 e. The Morgan fingerprint density at radius 3 is 2.86 bits per heavy atom. The summed E-state index contributed by atoms with van der Waals surface area (Å²) in [6.45, 7) is 5.16. The van der Waals surface area contributed by atoms with E-state index in [4.69, 9.17) is 0 Å². The molecule has 0 saturated carbocycles. The Balaban J connectivity index is 0.00000169. The summed E-state index contributed by atoms with van der Waals surface area (Å²) in [6.07, 6.45) is 3.54. The van der Waals surface area contributed by atoms with E-state index in [-0.39, 0.29) is 19.1 Å². The molecule has 0 fully saturated rings. The summed E-state index contributed by atoms with van der Waals surface area (Å²) in [7, 11) is 0. The number of alkyl halides is 1. The molecule has 1 heterocycles. The van der Waals surface area contributed by atoms with Crippen LogP contribution < -0.4 is 5.32 Å². The van der Waals surface area contributed by atoms with Crippen LogP contribution in [0.15, 0.2) is 12.4 Å². The van der Waals surface area contributed by atoms with Gasteiger partial charge < -0.3 is 5.32 Å². The van der Waals surface area contributed by atoms with Gasteiger partial charge in [-0.25, -0.2) is 4.39 Å². The molecule has 0 radical (unpaired) electrons. The Bertz CT molecular complexity index is 250. The predicted molar refractivity (Wildman–Crippen MR) is 58.8 cm³/mol. The van der Waals surface area contributed by atoms with E-state index in [1.165, 1.54) is 0 Å². The lowest BCUT2D eigenvalue weighted by molar-refractivity contribution is 0.427. The van der Waals surface area contributed by atoms with Crippen molar-refractivity contribution in [2.24, 2.45) is 5.92 Å². The van der Waals surface area contributed by atoms with Gasteiger partial charge in [-0.05, 0) is 5.92 Å². The average molecular weight is 222 g/mol. The van der Waals surface area contributed by atoms with E-state index in [0.29, 0.717) is 12.5 Å². The molecule has 0 spiro atoms. The van der Waals surface area contributed by atoms with E-state index in [2.05, 4.69) is 24.3 Å². The van der Waals surface area contributed by atoms with Crippen LogP contribution in [-0.4, -0.2) is 23.0 Å². The lowest BCUT2D eigenvalue weighted by Crippen LogP contribution is -2.07. The number of hydrogen-bond donors (Lipinski definition) is 1. The third kappa shape index (κ3) is 4.46. The minimum absolute atomic E-state index is 0. The second-order valence-corrected chi connectivity index (χ2v) is 3.46. The first kappa shape index (κ1) is 13.2. The van der Waals surface area contributed by atoms with E-state index in [1.807, 2.05) is 6.20 Å². The quantitative estimate of drug-likeness (QED) is 0.827. The smallest absolute Gasteiger partial charge is 0.109 e. The molecular formula is C9H17ClFN3. The number of nitrogens with zero attached hydrogens (tertiary/aromatic N) is 2. The van der Waals surface area contributed by atoms with Crippen LogP contribution in [0.3, 0.4) is 0 Å². The summed E-state index contributed by atoms with van der Waals surface area (Å²) in [4.78, 5) is 0. The van der Waals surface area contributed by atoms with Crippen LogP contribution in [0.2, 0.25) is 0 Å². The number of anilines is 1. The highest BCUT2D eigenvalue weighted by Gasteiger charge is 1.98. The number of rotatable bonds is 5. The van der Waals surface area contributed by atoms with Crippen molar-refractivity contribution in [3.8, 4) is 0 Å². The zero-order valence-electron chi connectivity index (χ0n) is 8.53. The maximum atomic E-state index is 11.9. The molecule has 82 valence electrons. The maximum Gasteiger partial charge on any atom is 0.109 e. The van der Waals surface area contributed by atoms with Crippen LogP contribution in [-0.2, 0) is 6.54 Å². The molecule has 1 N–H and O–H groups in total. The molecule has 5 heteroatoms. The summed E-state index contributed by atoms with van der Waals surface area (Å²) in [5.74, 6) is 0.601. The summed E-state index contributed by atoms with van der Waals surface area (Å²) in [5, 5.41) is 7.22. The zero-order valence-corrected chi connectivity index (χ0v) is 9.35. The topological polar surface area (TPSA) is 29.9 Å². The number of aromatic nitrogens is 2. The number of aryl methyl sites for hydroxylation is 1. The molecule has 0 saturated heterocycles. The van der Waals surface area contributed by atoms with Gasteiger partial charge in [-0.3, -0.25) is 4.68 Å². The summed E-state index contributed by atoms with van der Waals surface area (Å²) < 4.78 is 13.5. The van der Waals surface area contributed by atoms with Crippen molar-refractivity contribution in [3.63, 3.8) is 0 Å². The first-order valence-electron chi connectivity index (χ1n) is 4.54. The number of hydrogen-bond acceptors (Lipinski definition) is 2. The van der Waals surface area contributed by atoms with Crippen molar-refractivity contribution in [2.75, 3.05) is 18.5 Å². The highest BCUT2D eigenvalue weighted by atomic mass is 35.5. The van der Waals surface area contributed by atoms with E-state index in [0.717, 1.165) is 12.2 Å². The molecule has 3 nitrogen and oxygen atoms in total. The molecule has 0 unspecified atom stereocenters. The number of halogens is 2. The van der Waals surface area contributed by atoms with Crippen LogP contribution in [0.4, 0.5) is 10.1 Å². The lowest BCUT2D eigenvalue weighted by Gasteiger charge is -2.05. The Kier molecular flexibility index (Phi) is 6.28. The third-order valence-electron chi connectivity index (χ3n) is 1.66. The van der Waals surface area contributed by atoms with Crippen molar-refractivity contribution in [2.45, 2.75) is 20.4 Å². The fourth-order valence-electron chi connectivity index (χ4n) is 0.986. The zero-order chi connectivity index (χ0) is 9.68. The first-order chi connectivity index (χ1) is 6.22. The highest BCUT2D eigenvalue weighted by Crippen LogP contribution is 2.05.